The van der Waals surface area contributed by atoms with Crippen molar-refractivity contribution in [2.45, 2.75) is 38.9 Å². The second-order valence-corrected chi connectivity index (χ2v) is 7.02. The molecule has 2 heterocycles. The number of aliphatic imine (C=N–C) groups is 1. The van der Waals surface area contributed by atoms with Gasteiger partial charge in [-0.25, -0.2) is 8.78 Å². The van der Waals surface area contributed by atoms with Crippen LogP contribution >= 0.6 is 0 Å². The molecule has 2 aromatic rings. The first-order valence-electron chi connectivity index (χ1n) is 9.80. The normalized spacial score (nSPS) is 18.0. The van der Waals surface area contributed by atoms with E-state index in [1.54, 1.807) is 19.1 Å². The molecular formula is C24H21F5N2. The molecule has 1 aromatic carbocycles. The number of pyridine rings is 1. The van der Waals surface area contributed by atoms with Crippen LogP contribution in [0.2, 0.25) is 0 Å². The van der Waals surface area contributed by atoms with Gasteiger partial charge in [0.05, 0.1) is 11.6 Å². The van der Waals surface area contributed by atoms with E-state index >= 15 is 0 Å². The molecule has 162 valence electrons. The van der Waals surface area contributed by atoms with E-state index in [-0.39, 0.29) is 11.6 Å². The zero-order valence-electron chi connectivity index (χ0n) is 17.0. The Bertz CT molecular complexity index is 1040. The minimum absolute atomic E-state index is 0.0885. The maximum atomic E-state index is 14.1. The maximum absolute atomic E-state index is 14.1. The first kappa shape index (κ1) is 22.6. The van der Waals surface area contributed by atoms with Gasteiger partial charge in [-0.2, -0.15) is 13.2 Å². The number of halogens is 5. The summed E-state index contributed by atoms with van der Waals surface area (Å²) < 4.78 is 66.3. The third kappa shape index (κ3) is 5.16. The Morgan fingerprint density at radius 1 is 1.00 bits per heavy atom. The minimum atomic E-state index is -4.49. The molecule has 0 saturated heterocycles. The van der Waals surface area contributed by atoms with Crippen LogP contribution in [0.4, 0.5) is 22.0 Å². The first-order valence-corrected chi connectivity index (χ1v) is 9.80. The highest BCUT2D eigenvalue weighted by Gasteiger charge is 2.32. The standard InChI is InChI=1S/C24H21F5N2/c1-3-15(17-10-13-22(30-14-17)24(27,28)29)8-9-16(4-2)20-11-12-21(31-20)23-18(25)6-5-7-19(23)26/h3-10,13-14,20H,11-12H2,1-2H3/b9-8-,15-3-,16-4+. The third-order valence-corrected chi connectivity index (χ3v) is 5.09. The van der Waals surface area contributed by atoms with Crippen LogP contribution in [0.3, 0.4) is 0 Å². The van der Waals surface area contributed by atoms with Gasteiger partial charge in [0.15, 0.2) is 0 Å². The molecule has 1 atom stereocenters. The van der Waals surface area contributed by atoms with Gasteiger partial charge in [-0.3, -0.25) is 9.98 Å². The van der Waals surface area contributed by atoms with E-state index in [9.17, 15) is 22.0 Å². The van der Waals surface area contributed by atoms with Crippen molar-refractivity contribution < 1.29 is 22.0 Å². The molecule has 1 aliphatic heterocycles. The van der Waals surface area contributed by atoms with Crippen molar-refractivity contribution in [3.05, 3.63) is 94.9 Å². The van der Waals surface area contributed by atoms with Crippen molar-refractivity contribution in [1.82, 2.24) is 4.98 Å². The first-order chi connectivity index (χ1) is 14.7. The highest BCUT2D eigenvalue weighted by Crippen LogP contribution is 2.30. The molecule has 2 nitrogen and oxygen atoms in total. The van der Waals surface area contributed by atoms with Gasteiger partial charge in [0, 0.05) is 11.9 Å². The van der Waals surface area contributed by atoms with Crippen molar-refractivity contribution in [2.24, 2.45) is 4.99 Å². The van der Waals surface area contributed by atoms with E-state index in [1.807, 2.05) is 19.1 Å². The van der Waals surface area contributed by atoms with E-state index in [0.717, 1.165) is 11.6 Å². The topological polar surface area (TPSA) is 25.2 Å². The van der Waals surface area contributed by atoms with E-state index in [2.05, 4.69) is 9.98 Å². The van der Waals surface area contributed by atoms with Gasteiger partial charge in [0.1, 0.15) is 17.3 Å². The quantitative estimate of drug-likeness (QED) is 0.371. The molecule has 0 fully saturated rings. The Kier molecular flexibility index (Phi) is 6.83. The van der Waals surface area contributed by atoms with E-state index < -0.39 is 23.5 Å². The lowest BCUT2D eigenvalue weighted by Crippen LogP contribution is -2.07. The van der Waals surface area contributed by atoms with Crippen LogP contribution in [0.25, 0.3) is 5.57 Å². The molecule has 7 heteroatoms. The molecule has 0 aliphatic carbocycles. The van der Waals surface area contributed by atoms with Gasteiger partial charge in [0.2, 0.25) is 0 Å². The predicted octanol–water partition coefficient (Wildman–Crippen LogP) is 6.94. The lowest BCUT2D eigenvalue weighted by molar-refractivity contribution is -0.141. The number of nitrogens with zero attached hydrogens (tertiary/aromatic N) is 2. The van der Waals surface area contributed by atoms with Gasteiger partial charge in [0.25, 0.3) is 0 Å². The second kappa shape index (κ2) is 9.37. The highest BCUT2D eigenvalue weighted by atomic mass is 19.4. The molecular weight excluding hydrogens is 411 g/mol. The molecule has 0 radical (unpaired) electrons. The number of hydrogen-bond donors (Lipinski definition) is 0. The third-order valence-electron chi connectivity index (χ3n) is 5.09. The van der Waals surface area contributed by atoms with Crippen LogP contribution in [0, 0.1) is 11.6 Å². The SMILES string of the molecule is C/C=C(/C=C\C(=C/C)C1CCC(c2c(F)cccc2F)=N1)c1ccc(C(F)(F)F)nc1. The molecule has 0 N–H and O–H groups in total. The number of aromatic nitrogens is 1. The highest BCUT2D eigenvalue weighted by molar-refractivity contribution is 6.02. The van der Waals surface area contributed by atoms with E-state index in [1.165, 1.54) is 30.5 Å². The van der Waals surface area contributed by atoms with Gasteiger partial charge in [-0.15, -0.1) is 0 Å². The fourth-order valence-corrected chi connectivity index (χ4v) is 3.47. The van der Waals surface area contributed by atoms with Crippen LogP contribution in [0.5, 0.6) is 0 Å². The number of rotatable bonds is 5. The number of alkyl halides is 3. The lowest BCUT2D eigenvalue weighted by atomic mass is 10.00. The molecule has 0 amide bonds. The molecule has 3 rings (SSSR count). The van der Waals surface area contributed by atoms with Crippen molar-refractivity contribution in [3.8, 4) is 0 Å². The van der Waals surface area contributed by atoms with Crippen molar-refractivity contribution in [1.29, 1.82) is 0 Å². The summed E-state index contributed by atoms with van der Waals surface area (Å²) in [6.45, 7) is 3.62. The average Bonchev–Trinajstić information content (AvgIpc) is 3.20. The minimum Gasteiger partial charge on any atom is -0.281 e. The summed E-state index contributed by atoms with van der Waals surface area (Å²) in [4.78, 5) is 8.02. The van der Waals surface area contributed by atoms with E-state index in [4.69, 9.17) is 0 Å². The van der Waals surface area contributed by atoms with Gasteiger partial charge >= 0.3 is 6.18 Å². The molecule has 0 bridgehead atoms. The Balaban J connectivity index is 1.80. The molecule has 1 aliphatic rings. The smallest absolute Gasteiger partial charge is 0.281 e. The van der Waals surface area contributed by atoms with Crippen molar-refractivity contribution in [3.63, 3.8) is 0 Å². The van der Waals surface area contributed by atoms with Gasteiger partial charge in [-0.05, 0) is 61.6 Å². The summed E-state index contributed by atoms with van der Waals surface area (Å²) in [5.74, 6) is -1.27. The predicted molar refractivity (Wildman–Crippen MR) is 112 cm³/mol. The zero-order chi connectivity index (χ0) is 22.6. The number of hydrogen-bond acceptors (Lipinski definition) is 2. The van der Waals surface area contributed by atoms with Gasteiger partial charge < -0.3 is 0 Å². The van der Waals surface area contributed by atoms with Crippen LogP contribution in [-0.2, 0) is 6.18 Å². The average molecular weight is 432 g/mol. The molecule has 0 saturated carbocycles. The lowest BCUT2D eigenvalue weighted by Gasteiger charge is -2.09. The number of benzene rings is 1. The zero-order valence-corrected chi connectivity index (χ0v) is 17.0. The summed E-state index contributed by atoms with van der Waals surface area (Å²) in [7, 11) is 0. The summed E-state index contributed by atoms with van der Waals surface area (Å²) >= 11 is 0. The molecule has 1 unspecified atom stereocenters. The summed E-state index contributed by atoms with van der Waals surface area (Å²) in [5, 5.41) is 0. The van der Waals surface area contributed by atoms with Crippen LogP contribution in [-0.4, -0.2) is 16.7 Å². The maximum Gasteiger partial charge on any atom is 0.433 e. The Labute approximate surface area is 177 Å². The molecule has 1 aromatic heterocycles. The van der Waals surface area contributed by atoms with Crippen LogP contribution < -0.4 is 0 Å². The summed E-state index contributed by atoms with van der Waals surface area (Å²) in [6.07, 6.45) is 4.99. The van der Waals surface area contributed by atoms with Crippen LogP contribution in [0.1, 0.15) is 43.5 Å². The van der Waals surface area contributed by atoms with Crippen molar-refractivity contribution >= 4 is 11.3 Å². The molecule has 31 heavy (non-hydrogen) atoms. The van der Waals surface area contributed by atoms with Crippen molar-refractivity contribution in [2.75, 3.05) is 0 Å². The monoisotopic (exact) mass is 432 g/mol. The van der Waals surface area contributed by atoms with E-state index in [0.29, 0.717) is 29.7 Å². The fraction of sp³-hybridized carbons (Fsp3) is 0.250. The largest absolute Gasteiger partial charge is 0.433 e. The second-order valence-electron chi connectivity index (χ2n) is 7.02. The summed E-state index contributed by atoms with van der Waals surface area (Å²) in [5.41, 5.74) is 1.46. The Hall–Kier alpha value is -3.09. The fourth-order valence-electron chi connectivity index (χ4n) is 3.47. The summed E-state index contributed by atoms with van der Waals surface area (Å²) in [6, 6.07) is 5.80. The Morgan fingerprint density at radius 2 is 1.71 bits per heavy atom. The van der Waals surface area contributed by atoms with Gasteiger partial charge in [-0.1, -0.05) is 36.4 Å². The Morgan fingerprint density at radius 3 is 2.26 bits per heavy atom. The molecule has 0 spiro atoms. The van der Waals surface area contributed by atoms with Crippen LogP contribution in [0.15, 0.2) is 71.4 Å². The number of allylic oxidation sites excluding steroid dienone is 4.